The summed E-state index contributed by atoms with van der Waals surface area (Å²) in [4.78, 5) is 6.41. The molecule has 4 nitrogen and oxygen atoms in total. The summed E-state index contributed by atoms with van der Waals surface area (Å²) < 4.78 is 43.6. The third-order valence-electron chi connectivity index (χ3n) is 5.29. The zero-order chi connectivity index (χ0) is 36.7. The Kier molecular flexibility index (Phi) is 50.9. The molecule has 0 fully saturated rings. The standard InChI is InChI=1S/C9H21N.C8H14ClN.C8H7F3O.C6H14O.C4H10.C3H8/c1-4-7-10(8-5-2)9-6-3;1-4-5-8(9)7(2)6-10-3;1-6-2-4-7(5-3-6)12-8(9,10)11;1-3-5-7-6-4-2;1-3-4-2;1-3-2/h4-9H2,1-3H3;6H,4-5H2,1-3H3;2-5H,1H3;3-6H2,1-2H3;3-4H2,1-2H3;3H2,1-2H3/b;8-7+,10-6?;;;;. The van der Waals surface area contributed by atoms with Gasteiger partial charge >= 0.3 is 6.36 Å². The first kappa shape index (κ1) is 53.9. The molecule has 0 N–H and O–H groups in total. The van der Waals surface area contributed by atoms with E-state index in [2.05, 4.69) is 83.9 Å². The Morgan fingerprint density at radius 3 is 1.43 bits per heavy atom. The summed E-state index contributed by atoms with van der Waals surface area (Å²) >= 11 is 5.90. The Hall–Kier alpha value is -1.57. The van der Waals surface area contributed by atoms with Gasteiger partial charge in [0.1, 0.15) is 5.75 Å². The fourth-order valence-electron chi connectivity index (χ4n) is 3.10. The van der Waals surface area contributed by atoms with E-state index in [0.717, 1.165) is 55.1 Å². The number of unbranched alkanes of at least 4 members (excludes halogenated alkanes) is 1. The highest BCUT2D eigenvalue weighted by atomic mass is 35.5. The average Bonchev–Trinajstić information content (AvgIpc) is 3.00. The predicted octanol–water partition coefficient (Wildman–Crippen LogP) is 13.5. The molecule has 0 aliphatic heterocycles. The zero-order valence-electron chi connectivity index (χ0n) is 32.2. The minimum Gasteiger partial charge on any atom is -0.406 e. The first-order valence-corrected chi connectivity index (χ1v) is 18.1. The molecule has 46 heavy (non-hydrogen) atoms. The van der Waals surface area contributed by atoms with Crippen molar-refractivity contribution in [2.24, 2.45) is 4.99 Å². The molecule has 0 saturated heterocycles. The number of hydrogen-bond donors (Lipinski definition) is 0. The van der Waals surface area contributed by atoms with Gasteiger partial charge in [-0.3, -0.25) is 4.99 Å². The molecule has 0 bridgehead atoms. The van der Waals surface area contributed by atoms with Gasteiger partial charge in [0.25, 0.3) is 0 Å². The highest BCUT2D eigenvalue weighted by Crippen LogP contribution is 2.22. The van der Waals surface area contributed by atoms with Gasteiger partial charge < -0.3 is 14.4 Å². The number of hydrogen-bond acceptors (Lipinski definition) is 4. The van der Waals surface area contributed by atoms with E-state index in [-0.39, 0.29) is 5.75 Å². The molecule has 1 aromatic rings. The Morgan fingerprint density at radius 1 is 0.739 bits per heavy atom. The number of benzene rings is 1. The molecule has 0 aliphatic carbocycles. The summed E-state index contributed by atoms with van der Waals surface area (Å²) in [5, 5.41) is 0.924. The normalized spacial score (nSPS) is 10.8. The first-order chi connectivity index (χ1) is 21.8. The van der Waals surface area contributed by atoms with Crippen LogP contribution in [-0.4, -0.2) is 57.4 Å². The largest absolute Gasteiger partial charge is 0.573 e. The summed E-state index contributed by atoms with van der Waals surface area (Å²) in [6.45, 7) is 31.2. The van der Waals surface area contributed by atoms with Crippen molar-refractivity contribution in [2.45, 2.75) is 154 Å². The maximum atomic E-state index is 11.6. The molecule has 0 aromatic heterocycles. The summed E-state index contributed by atoms with van der Waals surface area (Å²) in [6.07, 6.45) is 9.28. The van der Waals surface area contributed by atoms with Gasteiger partial charge in [-0.05, 0) is 89.7 Å². The molecule has 0 amide bonds. The monoisotopic (exact) mass is 683 g/mol. The molecule has 276 valence electrons. The highest BCUT2D eigenvalue weighted by Gasteiger charge is 2.30. The van der Waals surface area contributed by atoms with E-state index in [4.69, 9.17) is 16.3 Å². The van der Waals surface area contributed by atoms with Crippen molar-refractivity contribution in [3.63, 3.8) is 0 Å². The van der Waals surface area contributed by atoms with Gasteiger partial charge in [0.2, 0.25) is 0 Å². The van der Waals surface area contributed by atoms with Crippen LogP contribution in [0, 0.1) is 6.92 Å². The maximum absolute atomic E-state index is 11.6. The van der Waals surface area contributed by atoms with Crippen LogP contribution >= 0.6 is 11.6 Å². The fourth-order valence-corrected chi connectivity index (χ4v) is 3.33. The number of nitrogens with zero attached hydrogens (tertiary/aromatic N) is 2. The van der Waals surface area contributed by atoms with Gasteiger partial charge in [-0.15, -0.1) is 13.2 Å². The second kappa shape index (κ2) is 43.4. The van der Waals surface area contributed by atoms with E-state index in [0.29, 0.717) is 0 Å². The first-order valence-electron chi connectivity index (χ1n) is 17.7. The van der Waals surface area contributed by atoms with E-state index in [1.807, 2.05) is 6.92 Å². The van der Waals surface area contributed by atoms with Crippen molar-refractivity contribution >= 4 is 17.8 Å². The van der Waals surface area contributed by atoms with Crippen molar-refractivity contribution < 1.29 is 22.6 Å². The van der Waals surface area contributed by atoms with Crippen molar-refractivity contribution in [2.75, 3.05) is 39.9 Å². The van der Waals surface area contributed by atoms with Crippen molar-refractivity contribution in [3.05, 3.63) is 40.4 Å². The van der Waals surface area contributed by atoms with E-state index in [1.165, 1.54) is 70.3 Å². The highest BCUT2D eigenvalue weighted by molar-refractivity contribution is 6.31. The van der Waals surface area contributed by atoms with Gasteiger partial charge in [-0.2, -0.15) is 0 Å². The second-order valence-electron chi connectivity index (χ2n) is 10.7. The molecule has 0 aliphatic rings. The summed E-state index contributed by atoms with van der Waals surface area (Å²) in [5.41, 5.74) is 1.97. The van der Waals surface area contributed by atoms with E-state index in [9.17, 15) is 13.2 Å². The van der Waals surface area contributed by atoms with Crippen LogP contribution in [0.1, 0.15) is 146 Å². The van der Waals surface area contributed by atoms with Gasteiger partial charge in [-0.1, -0.05) is 124 Å². The number of rotatable bonds is 15. The Labute approximate surface area is 289 Å². The van der Waals surface area contributed by atoms with E-state index >= 15 is 0 Å². The van der Waals surface area contributed by atoms with Crippen molar-refractivity contribution in [1.82, 2.24) is 4.90 Å². The molecule has 1 aromatic carbocycles. The minimum absolute atomic E-state index is 0.187. The molecule has 0 atom stereocenters. The number of ether oxygens (including phenoxy) is 2. The maximum Gasteiger partial charge on any atom is 0.573 e. The van der Waals surface area contributed by atoms with Gasteiger partial charge in [0, 0.05) is 31.5 Å². The molecular weight excluding hydrogens is 609 g/mol. The van der Waals surface area contributed by atoms with Crippen LogP contribution in [0.25, 0.3) is 0 Å². The third-order valence-corrected chi connectivity index (χ3v) is 5.78. The van der Waals surface area contributed by atoms with Crippen LogP contribution in [0.2, 0.25) is 0 Å². The van der Waals surface area contributed by atoms with Crippen LogP contribution in [0.5, 0.6) is 5.75 Å². The number of aliphatic imine (C=N–C) groups is 1. The number of halogens is 4. The van der Waals surface area contributed by atoms with Crippen LogP contribution in [-0.2, 0) is 4.74 Å². The number of alkyl halides is 3. The smallest absolute Gasteiger partial charge is 0.406 e. The number of allylic oxidation sites excluding steroid dienone is 2. The summed E-state index contributed by atoms with van der Waals surface area (Å²) in [7, 11) is 1.75. The van der Waals surface area contributed by atoms with Crippen LogP contribution in [0.4, 0.5) is 13.2 Å². The Balaban J connectivity index is -0.000000154. The molecule has 0 radical (unpaired) electrons. The topological polar surface area (TPSA) is 34.1 Å². The van der Waals surface area contributed by atoms with Gasteiger partial charge in [0.05, 0.1) is 0 Å². The lowest BCUT2D eigenvalue weighted by Gasteiger charge is -2.19. The SMILES string of the molecule is CCC.CCC/C(Cl)=C(/C)C=NC.CCCC.CCCN(CCC)CCC.CCCOCCC.Cc1ccc(OC(F)(F)F)cc1. The van der Waals surface area contributed by atoms with E-state index in [1.54, 1.807) is 32.3 Å². The lowest BCUT2D eigenvalue weighted by atomic mass is 10.2. The van der Waals surface area contributed by atoms with Crippen LogP contribution in [0.15, 0.2) is 39.9 Å². The Bertz CT molecular complexity index is 735. The quantitative estimate of drug-likeness (QED) is 0.136. The van der Waals surface area contributed by atoms with Crippen LogP contribution < -0.4 is 4.74 Å². The van der Waals surface area contributed by atoms with E-state index < -0.39 is 6.36 Å². The zero-order valence-corrected chi connectivity index (χ0v) is 33.0. The number of aryl methyl sites for hydroxylation is 1. The molecule has 8 heteroatoms. The molecule has 0 unspecified atom stereocenters. The minimum atomic E-state index is -4.60. The van der Waals surface area contributed by atoms with Crippen molar-refractivity contribution in [3.8, 4) is 5.75 Å². The summed E-state index contributed by atoms with van der Waals surface area (Å²) in [6, 6.07) is 5.67. The third kappa shape index (κ3) is 52.0. The van der Waals surface area contributed by atoms with Crippen LogP contribution in [0.3, 0.4) is 0 Å². The Morgan fingerprint density at radius 2 is 1.15 bits per heavy atom. The van der Waals surface area contributed by atoms with Crippen molar-refractivity contribution in [1.29, 1.82) is 0 Å². The predicted molar refractivity (Wildman–Crippen MR) is 201 cm³/mol. The fraction of sp³-hybridized carbons (Fsp3) is 0.763. The lowest BCUT2D eigenvalue weighted by Crippen LogP contribution is -2.25. The molecule has 0 saturated carbocycles. The molecular formula is C38H74ClF3N2O2. The summed E-state index contributed by atoms with van der Waals surface area (Å²) in [5.74, 6) is -0.187. The lowest BCUT2D eigenvalue weighted by molar-refractivity contribution is -0.274. The molecule has 1 rings (SSSR count). The van der Waals surface area contributed by atoms with Gasteiger partial charge in [0.15, 0.2) is 0 Å². The van der Waals surface area contributed by atoms with Gasteiger partial charge in [-0.25, -0.2) is 0 Å². The molecule has 0 spiro atoms. The molecule has 0 heterocycles. The average molecular weight is 683 g/mol. The second-order valence-corrected chi connectivity index (χ2v) is 11.2.